The van der Waals surface area contributed by atoms with E-state index < -0.39 is 10.0 Å². The van der Waals surface area contributed by atoms with Gasteiger partial charge in [-0.3, -0.25) is 9.69 Å². The predicted octanol–water partition coefficient (Wildman–Crippen LogP) is 2.55. The third-order valence-corrected chi connectivity index (χ3v) is 6.72. The number of carbonyl (C=O) groups is 1. The average molecular weight is 418 g/mol. The SMILES string of the molecule is CCOc1ccccc1CN1CCN(S(=O)(=O)c2ccc(NC(C)=O)cc2)CC1. The first-order valence-electron chi connectivity index (χ1n) is 9.71. The van der Waals surface area contributed by atoms with E-state index in [0.29, 0.717) is 38.5 Å². The van der Waals surface area contributed by atoms with Gasteiger partial charge >= 0.3 is 0 Å². The fraction of sp³-hybridized carbons (Fsp3) is 0.381. The van der Waals surface area contributed by atoms with E-state index in [1.165, 1.54) is 23.4 Å². The molecule has 0 saturated carbocycles. The van der Waals surface area contributed by atoms with Gasteiger partial charge in [0.15, 0.2) is 0 Å². The lowest BCUT2D eigenvalue weighted by atomic mass is 10.2. The van der Waals surface area contributed by atoms with Crippen molar-refractivity contribution < 1.29 is 17.9 Å². The van der Waals surface area contributed by atoms with Crippen molar-refractivity contribution >= 4 is 21.6 Å². The van der Waals surface area contributed by atoms with Gasteiger partial charge in [0.2, 0.25) is 15.9 Å². The summed E-state index contributed by atoms with van der Waals surface area (Å²) in [4.78, 5) is 13.6. The Labute approximate surface area is 172 Å². The number of piperazine rings is 1. The largest absolute Gasteiger partial charge is 0.494 e. The van der Waals surface area contributed by atoms with Crippen LogP contribution in [0.3, 0.4) is 0 Å². The van der Waals surface area contributed by atoms with Crippen LogP contribution in [0.4, 0.5) is 5.69 Å². The standard InChI is InChI=1S/C21H27N3O4S/c1-3-28-21-7-5-4-6-18(21)16-23-12-14-24(15-13-23)29(26,27)20-10-8-19(9-11-20)22-17(2)25/h4-11H,3,12-16H2,1-2H3,(H,22,25). The maximum atomic E-state index is 12.9. The van der Waals surface area contributed by atoms with Crippen molar-refractivity contribution in [2.75, 3.05) is 38.1 Å². The van der Waals surface area contributed by atoms with Crippen LogP contribution in [0.15, 0.2) is 53.4 Å². The fourth-order valence-corrected chi connectivity index (χ4v) is 4.78. The lowest BCUT2D eigenvalue weighted by Gasteiger charge is -2.34. The maximum absolute atomic E-state index is 12.9. The summed E-state index contributed by atoms with van der Waals surface area (Å²) >= 11 is 0. The first-order valence-corrected chi connectivity index (χ1v) is 11.1. The van der Waals surface area contributed by atoms with Gasteiger partial charge in [-0.25, -0.2) is 8.42 Å². The van der Waals surface area contributed by atoms with Crippen LogP contribution < -0.4 is 10.1 Å². The summed E-state index contributed by atoms with van der Waals surface area (Å²) in [5, 5.41) is 2.64. The van der Waals surface area contributed by atoms with Crippen molar-refractivity contribution in [2.24, 2.45) is 0 Å². The summed E-state index contributed by atoms with van der Waals surface area (Å²) in [6.45, 7) is 6.91. The number of sulfonamides is 1. The number of ether oxygens (including phenoxy) is 1. The summed E-state index contributed by atoms with van der Waals surface area (Å²) in [6.07, 6.45) is 0. The first kappa shape index (κ1) is 21.3. The highest BCUT2D eigenvalue weighted by atomic mass is 32.2. The highest BCUT2D eigenvalue weighted by Gasteiger charge is 2.28. The Morgan fingerprint density at radius 1 is 1.03 bits per heavy atom. The molecule has 0 aliphatic carbocycles. The smallest absolute Gasteiger partial charge is 0.243 e. The minimum absolute atomic E-state index is 0.192. The third-order valence-electron chi connectivity index (χ3n) is 4.81. The van der Waals surface area contributed by atoms with E-state index in [4.69, 9.17) is 4.74 Å². The molecule has 0 spiro atoms. The molecule has 1 aliphatic heterocycles. The summed E-state index contributed by atoms with van der Waals surface area (Å²) in [5.74, 6) is 0.687. The second-order valence-corrected chi connectivity index (χ2v) is 8.86. The van der Waals surface area contributed by atoms with E-state index >= 15 is 0 Å². The molecular weight excluding hydrogens is 390 g/mol. The van der Waals surface area contributed by atoms with E-state index in [1.54, 1.807) is 12.1 Å². The number of rotatable bonds is 7. The zero-order valence-corrected chi connectivity index (χ0v) is 17.6. The van der Waals surface area contributed by atoms with Gasteiger partial charge in [-0.1, -0.05) is 18.2 Å². The van der Waals surface area contributed by atoms with Crippen molar-refractivity contribution in [3.05, 3.63) is 54.1 Å². The molecule has 2 aromatic rings. The van der Waals surface area contributed by atoms with E-state index in [2.05, 4.69) is 10.2 Å². The van der Waals surface area contributed by atoms with Crippen LogP contribution in [0.2, 0.25) is 0 Å². The average Bonchev–Trinajstić information content (AvgIpc) is 2.70. The monoisotopic (exact) mass is 417 g/mol. The summed E-state index contributed by atoms with van der Waals surface area (Å²) in [5.41, 5.74) is 1.69. The number of para-hydroxylation sites is 1. The number of nitrogens with zero attached hydrogens (tertiary/aromatic N) is 2. The molecule has 0 unspecified atom stereocenters. The van der Waals surface area contributed by atoms with E-state index in [0.717, 1.165) is 17.9 Å². The maximum Gasteiger partial charge on any atom is 0.243 e. The van der Waals surface area contributed by atoms with Crippen LogP contribution in [-0.4, -0.2) is 56.3 Å². The van der Waals surface area contributed by atoms with Gasteiger partial charge in [-0.05, 0) is 37.3 Å². The summed E-state index contributed by atoms with van der Waals surface area (Å²) < 4.78 is 33.1. The van der Waals surface area contributed by atoms with Gasteiger partial charge in [-0.15, -0.1) is 0 Å². The second-order valence-electron chi connectivity index (χ2n) is 6.93. The van der Waals surface area contributed by atoms with Crippen molar-refractivity contribution in [1.29, 1.82) is 0 Å². The number of anilines is 1. The molecule has 0 atom stereocenters. The Bertz CT molecular complexity index is 937. The molecule has 1 fully saturated rings. The summed E-state index contributed by atoms with van der Waals surface area (Å²) in [6, 6.07) is 14.2. The molecule has 1 saturated heterocycles. The van der Waals surface area contributed by atoms with Gasteiger partial charge in [-0.2, -0.15) is 4.31 Å². The Morgan fingerprint density at radius 2 is 1.69 bits per heavy atom. The van der Waals surface area contributed by atoms with Gasteiger partial charge in [0, 0.05) is 50.9 Å². The van der Waals surface area contributed by atoms with E-state index in [1.807, 2.05) is 31.2 Å². The van der Waals surface area contributed by atoms with Gasteiger partial charge < -0.3 is 10.1 Å². The number of hydrogen-bond donors (Lipinski definition) is 1. The zero-order valence-electron chi connectivity index (χ0n) is 16.8. The Hall–Kier alpha value is -2.42. The molecule has 1 N–H and O–H groups in total. The third kappa shape index (κ3) is 5.35. The van der Waals surface area contributed by atoms with Crippen LogP contribution in [0.25, 0.3) is 0 Å². The molecular formula is C21H27N3O4S. The Balaban J connectivity index is 1.62. The predicted molar refractivity (Wildman–Crippen MR) is 112 cm³/mol. The fourth-order valence-electron chi connectivity index (χ4n) is 3.36. The molecule has 0 aromatic heterocycles. The Kier molecular flexibility index (Phi) is 6.89. The number of hydrogen-bond acceptors (Lipinski definition) is 5. The topological polar surface area (TPSA) is 79.0 Å². The van der Waals surface area contributed by atoms with Crippen LogP contribution in [-0.2, 0) is 21.4 Å². The van der Waals surface area contributed by atoms with Crippen LogP contribution >= 0.6 is 0 Å². The molecule has 1 heterocycles. The van der Waals surface area contributed by atoms with E-state index in [-0.39, 0.29) is 10.8 Å². The molecule has 1 amide bonds. The van der Waals surface area contributed by atoms with Crippen molar-refractivity contribution in [3.63, 3.8) is 0 Å². The molecule has 156 valence electrons. The van der Waals surface area contributed by atoms with Crippen LogP contribution in [0.1, 0.15) is 19.4 Å². The lowest BCUT2D eigenvalue weighted by Crippen LogP contribution is -2.48. The minimum atomic E-state index is -3.55. The highest BCUT2D eigenvalue weighted by molar-refractivity contribution is 7.89. The zero-order chi connectivity index (χ0) is 20.9. The van der Waals surface area contributed by atoms with Crippen molar-refractivity contribution in [1.82, 2.24) is 9.21 Å². The number of nitrogens with one attached hydrogen (secondary N) is 1. The van der Waals surface area contributed by atoms with Gasteiger partial charge in [0.05, 0.1) is 11.5 Å². The molecule has 0 bridgehead atoms. The number of benzene rings is 2. The molecule has 3 rings (SSSR count). The van der Waals surface area contributed by atoms with Crippen LogP contribution in [0.5, 0.6) is 5.75 Å². The summed E-state index contributed by atoms with van der Waals surface area (Å²) in [7, 11) is -3.55. The quantitative estimate of drug-likeness (QED) is 0.749. The van der Waals surface area contributed by atoms with Gasteiger partial charge in [0.25, 0.3) is 0 Å². The number of carbonyl (C=O) groups excluding carboxylic acids is 1. The van der Waals surface area contributed by atoms with E-state index in [9.17, 15) is 13.2 Å². The normalized spacial score (nSPS) is 15.8. The van der Waals surface area contributed by atoms with Crippen molar-refractivity contribution in [2.45, 2.75) is 25.3 Å². The lowest BCUT2D eigenvalue weighted by molar-refractivity contribution is -0.114. The molecule has 8 heteroatoms. The molecule has 29 heavy (non-hydrogen) atoms. The molecule has 7 nitrogen and oxygen atoms in total. The first-order chi connectivity index (χ1) is 13.9. The molecule has 1 aliphatic rings. The van der Waals surface area contributed by atoms with Gasteiger partial charge in [0.1, 0.15) is 5.75 Å². The second kappa shape index (κ2) is 9.39. The molecule has 2 aromatic carbocycles. The Morgan fingerprint density at radius 3 is 2.31 bits per heavy atom. The minimum Gasteiger partial charge on any atom is -0.494 e. The van der Waals surface area contributed by atoms with Crippen molar-refractivity contribution in [3.8, 4) is 5.75 Å². The van der Waals surface area contributed by atoms with Crippen LogP contribution in [0, 0.1) is 0 Å². The highest BCUT2D eigenvalue weighted by Crippen LogP contribution is 2.23. The molecule has 0 radical (unpaired) electrons. The number of amides is 1.